The fourth-order valence-corrected chi connectivity index (χ4v) is 4.12. The zero-order chi connectivity index (χ0) is 20.9. The number of benzene rings is 2. The molecule has 0 bridgehead atoms. The van der Waals surface area contributed by atoms with Gasteiger partial charge in [-0.25, -0.2) is 19.1 Å². The molecular formula is C23H20N4O3. The summed E-state index contributed by atoms with van der Waals surface area (Å²) in [4.78, 5) is 34.1. The largest absolute Gasteiger partial charge is 0.441 e. The fraction of sp³-hybridized carbons (Fsp3) is 0.174. The van der Waals surface area contributed by atoms with Crippen molar-refractivity contribution in [1.29, 1.82) is 0 Å². The van der Waals surface area contributed by atoms with Gasteiger partial charge in [-0.3, -0.25) is 4.90 Å². The molecule has 2 aromatic carbocycles. The van der Waals surface area contributed by atoms with Gasteiger partial charge in [0.1, 0.15) is 17.5 Å². The lowest BCUT2D eigenvalue weighted by molar-refractivity contribution is 0.0685. The minimum atomic E-state index is -0.703. The lowest BCUT2D eigenvalue weighted by Gasteiger charge is -2.29. The fourth-order valence-electron chi connectivity index (χ4n) is 4.12. The lowest BCUT2D eigenvalue weighted by Crippen LogP contribution is -2.33. The number of amides is 1. The van der Waals surface area contributed by atoms with Crippen LogP contribution in [-0.4, -0.2) is 26.2 Å². The van der Waals surface area contributed by atoms with Gasteiger partial charge in [-0.15, -0.1) is 0 Å². The van der Waals surface area contributed by atoms with E-state index >= 15 is 0 Å². The van der Waals surface area contributed by atoms with Gasteiger partial charge in [0, 0.05) is 0 Å². The summed E-state index contributed by atoms with van der Waals surface area (Å²) in [6.45, 7) is 3.80. The second-order valence-electron chi connectivity index (χ2n) is 7.81. The third kappa shape index (κ3) is 2.78. The van der Waals surface area contributed by atoms with Crippen molar-refractivity contribution >= 4 is 22.8 Å². The van der Waals surface area contributed by atoms with Crippen LogP contribution in [0.3, 0.4) is 0 Å². The number of ether oxygens (including phenoxy) is 1. The van der Waals surface area contributed by atoms with Crippen LogP contribution in [0.5, 0.6) is 0 Å². The molecule has 7 heteroatoms. The van der Waals surface area contributed by atoms with Crippen LogP contribution in [0.25, 0.3) is 16.9 Å². The van der Waals surface area contributed by atoms with Crippen molar-refractivity contribution in [2.75, 3.05) is 4.90 Å². The Kier molecular flexibility index (Phi) is 3.99. The molecule has 3 heterocycles. The number of fused-ring (bicyclic) bond motifs is 1. The van der Waals surface area contributed by atoms with E-state index in [1.807, 2.05) is 68.4 Å². The molecule has 0 radical (unpaired) electrons. The van der Waals surface area contributed by atoms with Crippen molar-refractivity contribution in [2.24, 2.45) is 0 Å². The Morgan fingerprint density at radius 2 is 1.70 bits per heavy atom. The van der Waals surface area contributed by atoms with Crippen molar-refractivity contribution in [3.63, 3.8) is 0 Å². The minimum Gasteiger partial charge on any atom is -0.441 e. The molecule has 1 fully saturated rings. The molecule has 1 atom stereocenters. The maximum atomic E-state index is 12.7. The number of carbonyl (C=O) groups excluding carboxylic acids is 1. The van der Waals surface area contributed by atoms with Gasteiger partial charge in [0.05, 0.1) is 22.9 Å². The summed E-state index contributed by atoms with van der Waals surface area (Å²) in [6.07, 6.45) is 1.18. The molecule has 1 unspecified atom stereocenters. The first-order valence-corrected chi connectivity index (χ1v) is 9.69. The van der Waals surface area contributed by atoms with Gasteiger partial charge in [-0.05, 0) is 43.7 Å². The number of rotatable bonds is 3. The van der Waals surface area contributed by atoms with Gasteiger partial charge in [-0.2, -0.15) is 0 Å². The number of carbonyl (C=O) groups is 1. The number of pyridine rings is 1. The van der Waals surface area contributed by atoms with Crippen LogP contribution in [0.2, 0.25) is 0 Å². The number of para-hydroxylation sites is 2. The summed E-state index contributed by atoms with van der Waals surface area (Å²) in [7, 11) is 0. The van der Waals surface area contributed by atoms with Crippen LogP contribution in [0, 0.1) is 0 Å². The standard InChI is InChI=1S/C23H20N4O3/c1-23(2)20(15-8-4-3-5-9-15)26(22(29)30-23)16-12-13-19(24-14-16)27-18-11-7-6-10-17(18)25-21(27)28/h3-14,20H,1-2H3,(H,25,28). The molecule has 5 rings (SSSR count). The molecule has 0 spiro atoms. The Morgan fingerprint density at radius 1 is 0.967 bits per heavy atom. The number of aromatic nitrogens is 3. The highest BCUT2D eigenvalue weighted by Crippen LogP contribution is 2.43. The van der Waals surface area contributed by atoms with Gasteiger partial charge in [-0.1, -0.05) is 42.5 Å². The van der Waals surface area contributed by atoms with Crippen LogP contribution in [0.15, 0.2) is 77.7 Å². The van der Waals surface area contributed by atoms with E-state index in [1.165, 1.54) is 4.57 Å². The number of hydrogen-bond donors (Lipinski definition) is 1. The summed E-state index contributed by atoms with van der Waals surface area (Å²) in [5, 5.41) is 0. The zero-order valence-electron chi connectivity index (χ0n) is 16.6. The highest BCUT2D eigenvalue weighted by atomic mass is 16.6. The van der Waals surface area contributed by atoms with E-state index in [1.54, 1.807) is 23.2 Å². The minimum absolute atomic E-state index is 0.264. The number of nitrogens with zero attached hydrogens (tertiary/aromatic N) is 3. The van der Waals surface area contributed by atoms with Gasteiger partial charge in [0.2, 0.25) is 0 Å². The Hall–Kier alpha value is -3.87. The van der Waals surface area contributed by atoms with Crippen LogP contribution >= 0.6 is 0 Å². The summed E-state index contributed by atoms with van der Waals surface area (Å²) >= 11 is 0. The lowest BCUT2D eigenvalue weighted by atomic mass is 9.91. The number of nitrogens with one attached hydrogen (secondary N) is 1. The van der Waals surface area contributed by atoms with E-state index in [2.05, 4.69) is 9.97 Å². The first-order chi connectivity index (χ1) is 14.5. The van der Waals surface area contributed by atoms with Gasteiger partial charge < -0.3 is 9.72 Å². The molecule has 0 aliphatic carbocycles. The predicted molar refractivity (Wildman–Crippen MR) is 114 cm³/mol. The second-order valence-corrected chi connectivity index (χ2v) is 7.81. The smallest absolute Gasteiger partial charge is 0.415 e. The number of H-pyrrole nitrogens is 1. The van der Waals surface area contributed by atoms with Gasteiger partial charge >= 0.3 is 11.8 Å². The molecule has 1 aliphatic heterocycles. The molecule has 30 heavy (non-hydrogen) atoms. The Labute approximate surface area is 172 Å². The monoisotopic (exact) mass is 400 g/mol. The SMILES string of the molecule is CC1(C)OC(=O)N(c2ccc(-n3c(=O)[nH]c4ccccc43)nc2)C1c1ccccc1. The molecular weight excluding hydrogens is 380 g/mol. The van der Waals surface area contributed by atoms with E-state index in [4.69, 9.17) is 4.74 Å². The van der Waals surface area contributed by atoms with E-state index in [-0.39, 0.29) is 11.7 Å². The number of aromatic amines is 1. The van der Waals surface area contributed by atoms with Crippen LogP contribution < -0.4 is 10.6 Å². The summed E-state index contributed by atoms with van der Waals surface area (Å²) < 4.78 is 7.17. The first kappa shape index (κ1) is 18.2. The highest BCUT2D eigenvalue weighted by molar-refractivity contribution is 5.91. The van der Waals surface area contributed by atoms with Gasteiger partial charge in [0.15, 0.2) is 0 Å². The maximum absolute atomic E-state index is 12.7. The Balaban J connectivity index is 1.57. The van der Waals surface area contributed by atoms with Crippen molar-refractivity contribution in [2.45, 2.75) is 25.5 Å². The Bertz CT molecular complexity index is 1290. The molecule has 0 saturated carbocycles. The number of anilines is 1. The number of imidazole rings is 1. The summed E-state index contributed by atoms with van der Waals surface area (Å²) in [6, 6.07) is 20.4. The molecule has 4 aromatic rings. The topological polar surface area (TPSA) is 80.2 Å². The summed E-state index contributed by atoms with van der Waals surface area (Å²) in [5.74, 6) is 0.476. The number of hydrogen-bond acceptors (Lipinski definition) is 4. The first-order valence-electron chi connectivity index (χ1n) is 9.69. The average molecular weight is 400 g/mol. The molecule has 1 N–H and O–H groups in total. The molecule has 150 valence electrons. The van der Waals surface area contributed by atoms with E-state index in [9.17, 15) is 9.59 Å². The van der Waals surface area contributed by atoms with Crippen LogP contribution in [0.1, 0.15) is 25.5 Å². The third-order valence-electron chi connectivity index (χ3n) is 5.41. The van der Waals surface area contributed by atoms with E-state index in [0.717, 1.165) is 16.6 Å². The average Bonchev–Trinajstić information content (AvgIpc) is 3.20. The maximum Gasteiger partial charge on any atom is 0.415 e. The van der Waals surface area contributed by atoms with E-state index < -0.39 is 11.7 Å². The third-order valence-corrected chi connectivity index (χ3v) is 5.41. The van der Waals surface area contributed by atoms with Crippen molar-refractivity contribution in [1.82, 2.24) is 14.5 Å². The quantitative estimate of drug-likeness (QED) is 0.559. The molecule has 1 amide bonds. The van der Waals surface area contributed by atoms with Crippen molar-refractivity contribution in [3.05, 3.63) is 89.0 Å². The molecule has 1 aliphatic rings. The molecule has 1 saturated heterocycles. The molecule has 2 aromatic heterocycles. The second kappa shape index (κ2) is 6.59. The van der Waals surface area contributed by atoms with Crippen LogP contribution in [-0.2, 0) is 4.74 Å². The summed E-state index contributed by atoms with van der Waals surface area (Å²) in [5.41, 5.74) is 2.10. The Morgan fingerprint density at radius 3 is 2.43 bits per heavy atom. The predicted octanol–water partition coefficient (Wildman–Crippen LogP) is 4.19. The number of cyclic esters (lactones) is 1. The highest BCUT2D eigenvalue weighted by Gasteiger charge is 2.49. The normalized spacial score (nSPS) is 18.0. The van der Waals surface area contributed by atoms with E-state index in [0.29, 0.717) is 11.5 Å². The van der Waals surface area contributed by atoms with Crippen molar-refractivity contribution < 1.29 is 9.53 Å². The zero-order valence-corrected chi connectivity index (χ0v) is 16.6. The molecule has 7 nitrogen and oxygen atoms in total. The van der Waals surface area contributed by atoms with Crippen molar-refractivity contribution in [3.8, 4) is 5.82 Å². The van der Waals surface area contributed by atoms with Gasteiger partial charge in [0.25, 0.3) is 0 Å². The van der Waals surface area contributed by atoms with Crippen LogP contribution in [0.4, 0.5) is 10.5 Å².